The summed E-state index contributed by atoms with van der Waals surface area (Å²) in [7, 11) is 0. The van der Waals surface area contributed by atoms with Gasteiger partial charge in [-0.3, -0.25) is 0 Å². The summed E-state index contributed by atoms with van der Waals surface area (Å²) in [6.45, 7) is 0. The first-order valence-electron chi connectivity index (χ1n) is 4.66. The molecule has 2 aliphatic carbocycles. The normalized spacial score (nSPS) is 50.7. The van der Waals surface area contributed by atoms with Crippen LogP contribution in [0.1, 0.15) is 38.5 Å². The van der Waals surface area contributed by atoms with Gasteiger partial charge in [0.1, 0.15) is 0 Å². The van der Waals surface area contributed by atoms with E-state index in [4.69, 9.17) is 5.73 Å². The van der Waals surface area contributed by atoms with Crippen molar-refractivity contribution >= 4 is 0 Å². The molecule has 0 aromatic carbocycles. The quantitative estimate of drug-likeness (QED) is 0.549. The van der Waals surface area contributed by atoms with Crippen LogP contribution in [0.15, 0.2) is 0 Å². The molecule has 0 aromatic rings. The highest BCUT2D eigenvalue weighted by Crippen LogP contribution is 2.41. The molecule has 0 amide bonds. The number of aliphatic hydroxyl groups is 1. The van der Waals surface area contributed by atoms with Gasteiger partial charge in [0.2, 0.25) is 0 Å². The molecule has 3 N–H and O–H groups in total. The Hall–Kier alpha value is -0.0800. The van der Waals surface area contributed by atoms with Crippen molar-refractivity contribution in [3.63, 3.8) is 0 Å². The van der Waals surface area contributed by atoms with E-state index in [0.717, 1.165) is 31.6 Å². The van der Waals surface area contributed by atoms with Crippen LogP contribution in [0.2, 0.25) is 0 Å². The lowest BCUT2D eigenvalue weighted by Gasteiger charge is -2.44. The van der Waals surface area contributed by atoms with Crippen molar-refractivity contribution in [2.45, 2.75) is 50.2 Å². The lowest BCUT2D eigenvalue weighted by molar-refractivity contribution is -0.0532. The van der Waals surface area contributed by atoms with Crippen LogP contribution in [-0.2, 0) is 0 Å². The van der Waals surface area contributed by atoms with Gasteiger partial charge in [-0.2, -0.15) is 0 Å². The molecule has 0 radical (unpaired) electrons. The molecule has 2 nitrogen and oxygen atoms in total. The summed E-state index contributed by atoms with van der Waals surface area (Å²) in [6, 6.07) is 0.263. The van der Waals surface area contributed by atoms with Gasteiger partial charge in [0.15, 0.2) is 0 Å². The third-order valence-electron chi connectivity index (χ3n) is 3.20. The molecule has 2 saturated carbocycles. The summed E-state index contributed by atoms with van der Waals surface area (Å²) in [4.78, 5) is 0. The largest absolute Gasteiger partial charge is 0.390 e. The van der Waals surface area contributed by atoms with Gasteiger partial charge in [-0.25, -0.2) is 0 Å². The van der Waals surface area contributed by atoms with E-state index in [1.54, 1.807) is 0 Å². The van der Waals surface area contributed by atoms with Crippen LogP contribution in [0.25, 0.3) is 0 Å². The van der Waals surface area contributed by atoms with Gasteiger partial charge in [0, 0.05) is 6.04 Å². The van der Waals surface area contributed by atoms with Gasteiger partial charge in [0.25, 0.3) is 0 Å². The summed E-state index contributed by atoms with van der Waals surface area (Å²) in [5.74, 6) is 0.720. The summed E-state index contributed by atoms with van der Waals surface area (Å²) in [5.41, 5.74) is 5.48. The first-order valence-corrected chi connectivity index (χ1v) is 4.66. The van der Waals surface area contributed by atoms with Gasteiger partial charge < -0.3 is 10.8 Å². The molecule has 2 rings (SSSR count). The maximum absolute atomic E-state index is 9.99. The zero-order valence-corrected chi connectivity index (χ0v) is 6.92. The molecule has 64 valence electrons. The molecular formula is C9H17NO. The molecule has 0 heterocycles. The fraction of sp³-hybridized carbons (Fsp3) is 1.00. The van der Waals surface area contributed by atoms with Crippen LogP contribution in [0.3, 0.4) is 0 Å². The highest BCUT2D eigenvalue weighted by molar-refractivity contribution is 4.95. The smallest absolute Gasteiger partial charge is 0.0665 e. The van der Waals surface area contributed by atoms with E-state index in [2.05, 4.69) is 0 Å². The molecule has 2 fully saturated rings. The fourth-order valence-electron chi connectivity index (χ4n) is 2.85. The number of nitrogens with two attached hydrogens (primary N) is 1. The van der Waals surface area contributed by atoms with Gasteiger partial charge in [0.05, 0.1) is 5.60 Å². The van der Waals surface area contributed by atoms with E-state index < -0.39 is 0 Å². The van der Waals surface area contributed by atoms with Gasteiger partial charge >= 0.3 is 0 Å². The van der Waals surface area contributed by atoms with Crippen LogP contribution in [0.5, 0.6) is 0 Å². The summed E-state index contributed by atoms with van der Waals surface area (Å²) >= 11 is 0. The minimum atomic E-state index is -0.374. The SMILES string of the molecule is N[C@H]1C[C@@H]2CCC[C@@](O)(C1)C2. The molecule has 0 aliphatic heterocycles. The summed E-state index contributed by atoms with van der Waals surface area (Å²) in [5, 5.41) is 9.99. The van der Waals surface area contributed by atoms with Gasteiger partial charge in [-0.1, -0.05) is 12.8 Å². The zero-order valence-electron chi connectivity index (χ0n) is 6.92. The predicted octanol–water partition coefficient (Wildman–Crippen LogP) is 1.03. The van der Waals surface area contributed by atoms with E-state index in [-0.39, 0.29) is 11.6 Å². The third-order valence-corrected chi connectivity index (χ3v) is 3.20. The van der Waals surface area contributed by atoms with E-state index >= 15 is 0 Å². The Bertz CT molecular complexity index is 156. The summed E-state index contributed by atoms with van der Waals surface area (Å²) < 4.78 is 0. The molecule has 0 spiro atoms. The van der Waals surface area contributed by atoms with Gasteiger partial charge in [-0.15, -0.1) is 0 Å². The Morgan fingerprint density at radius 2 is 2.18 bits per heavy atom. The molecule has 0 unspecified atom stereocenters. The first-order chi connectivity index (χ1) is 5.18. The Kier molecular flexibility index (Phi) is 1.69. The Labute approximate surface area is 67.8 Å². The minimum absolute atomic E-state index is 0.263. The standard InChI is InChI=1S/C9H17NO/c10-8-4-7-2-1-3-9(11,5-7)6-8/h7-8,11H,1-6,10H2/t7-,8-,9-/m0/s1. The highest BCUT2D eigenvalue weighted by atomic mass is 16.3. The maximum Gasteiger partial charge on any atom is 0.0665 e. The molecule has 0 aromatic heterocycles. The molecule has 2 bridgehead atoms. The monoisotopic (exact) mass is 155 g/mol. The topological polar surface area (TPSA) is 46.2 Å². The van der Waals surface area contributed by atoms with Crippen molar-refractivity contribution < 1.29 is 5.11 Å². The van der Waals surface area contributed by atoms with Crippen LogP contribution in [0.4, 0.5) is 0 Å². The van der Waals surface area contributed by atoms with Crippen LogP contribution in [-0.4, -0.2) is 16.7 Å². The summed E-state index contributed by atoms with van der Waals surface area (Å²) in [6.07, 6.45) is 6.47. The van der Waals surface area contributed by atoms with Crippen LogP contribution in [0, 0.1) is 5.92 Å². The molecule has 11 heavy (non-hydrogen) atoms. The van der Waals surface area contributed by atoms with Crippen molar-refractivity contribution in [1.29, 1.82) is 0 Å². The van der Waals surface area contributed by atoms with Crippen LogP contribution >= 0.6 is 0 Å². The van der Waals surface area contributed by atoms with E-state index in [0.29, 0.717) is 0 Å². The molecular weight excluding hydrogens is 138 g/mol. The Morgan fingerprint density at radius 1 is 1.36 bits per heavy atom. The zero-order chi connectivity index (χ0) is 7.90. The van der Waals surface area contributed by atoms with E-state index in [1.165, 1.54) is 12.8 Å². The fourth-order valence-corrected chi connectivity index (χ4v) is 2.85. The first kappa shape index (κ1) is 7.56. The average Bonchev–Trinajstić information content (AvgIpc) is 1.82. The minimum Gasteiger partial charge on any atom is -0.390 e. The second-order valence-corrected chi connectivity index (χ2v) is 4.39. The van der Waals surface area contributed by atoms with Crippen molar-refractivity contribution in [3.05, 3.63) is 0 Å². The number of hydrogen-bond acceptors (Lipinski definition) is 2. The predicted molar refractivity (Wildman–Crippen MR) is 44.1 cm³/mol. The average molecular weight is 155 g/mol. The second kappa shape index (κ2) is 2.46. The van der Waals surface area contributed by atoms with Crippen molar-refractivity contribution in [3.8, 4) is 0 Å². The Morgan fingerprint density at radius 3 is 2.91 bits per heavy atom. The maximum atomic E-state index is 9.99. The third kappa shape index (κ3) is 1.42. The Balaban J connectivity index is 2.09. The van der Waals surface area contributed by atoms with E-state index in [9.17, 15) is 5.11 Å². The van der Waals surface area contributed by atoms with Crippen LogP contribution < -0.4 is 5.73 Å². The molecule has 0 saturated heterocycles. The lowest BCUT2D eigenvalue weighted by Crippen LogP contribution is -2.47. The second-order valence-electron chi connectivity index (χ2n) is 4.39. The number of hydrogen-bond donors (Lipinski definition) is 2. The van der Waals surface area contributed by atoms with Crippen molar-refractivity contribution in [2.24, 2.45) is 11.7 Å². The van der Waals surface area contributed by atoms with Crippen molar-refractivity contribution in [2.75, 3.05) is 0 Å². The number of rotatable bonds is 0. The molecule has 2 aliphatic rings. The number of fused-ring (bicyclic) bond motifs is 2. The van der Waals surface area contributed by atoms with Crippen molar-refractivity contribution in [1.82, 2.24) is 0 Å². The lowest BCUT2D eigenvalue weighted by atomic mass is 9.68. The van der Waals surface area contributed by atoms with Gasteiger partial charge in [-0.05, 0) is 31.6 Å². The molecule has 3 atom stereocenters. The molecule has 2 heteroatoms. The highest BCUT2D eigenvalue weighted by Gasteiger charge is 2.40. The van der Waals surface area contributed by atoms with E-state index in [1.807, 2.05) is 0 Å².